The fraction of sp³-hybridized carbons (Fsp3) is 0.533. The first kappa shape index (κ1) is 15.3. The fourth-order valence-electron chi connectivity index (χ4n) is 2.42. The van der Waals surface area contributed by atoms with Crippen molar-refractivity contribution in [3.63, 3.8) is 0 Å². The van der Waals surface area contributed by atoms with Gasteiger partial charge in [0, 0.05) is 12.7 Å². The molecule has 2 heterocycles. The molecule has 0 aliphatic carbocycles. The maximum Gasteiger partial charge on any atom is 0.339 e. The van der Waals surface area contributed by atoms with Crippen LogP contribution in [0.15, 0.2) is 18.3 Å². The van der Waals surface area contributed by atoms with Gasteiger partial charge in [0.1, 0.15) is 11.9 Å². The Labute approximate surface area is 124 Å². The highest BCUT2D eigenvalue weighted by atomic mass is 16.5. The molecule has 114 valence electrons. The molecule has 0 aromatic carbocycles. The van der Waals surface area contributed by atoms with Gasteiger partial charge in [0.25, 0.3) is 0 Å². The van der Waals surface area contributed by atoms with Crippen LogP contribution in [0.25, 0.3) is 0 Å². The smallest absolute Gasteiger partial charge is 0.339 e. The second-order valence-electron chi connectivity index (χ2n) is 4.73. The summed E-state index contributed by atoms with van der Waals surface area (Å²) in [5.41, 5.74) is 0.410. The first-order chi connectivity index (χ1) is 10.2. The topological polar surface area (TPSA) is 68.7 Å². The standard InChI is InChI=1S/C15H20N2O4/c1-3-20-14(18)11-7-8-13(16-10-11)17-9-5-6-12(17)15(19)21-4-2/h7-8,10,12H,3-6,9H2,1-2H3. The van der Waals surface area contributed by atoms with E-state index in [1.54, 1.807) is 26.0 Å². The lowest BCUT2D eigenvalue weighted by molar-refractivity contribution is -0.144. The minimum atomic E-state index is -0.389. The largest absolute Gasteiger partial charge is 0.464 e. The summed E-state index contributed by atoms with van der Waals surface area (Å²) < 4.78 is 10.0. The number of hydrogen-bond donors (Lipinski definition) is 0. The van der Waals surface area contributed by atoms with Crippen LogP contribution in [-0.2, 0) is 14.3 Å². The lowest BCUT2D eigenvalue weighted by atomic mass is 10.2. The first-order valence-electron chi connectivity index (χ1n) is 7.23. The molecule has 1 aromatic rings. The quantitative estimate of drug-likeness (QED) is 0.771. The van der Waals surface area contributed by atoms with Gasteiger partial charge in [-0.3, -0.25) is 0 Å². The van der Waals surface area contributed by atoms with E-state index in [-0.39, 0.29) is 18.0 Å². The van der Waals surface area contributed by atoms with Gasteiger partial charge < -0.3 is 14.4 Å². The van der Waals surface area contributed by atoms with Gasteiger partial charge in [-0.25, -0.2) is 14.6 Å². The van der Waals surface area contributed by atoms with Crippen LogP contribution in [0.4, 0.5) is 5.82 Å². The zero-order valence-corrected chi connectivity index (χ0v) is 12.4. The number of aromatic nitrogens is 1. The molecule has 1 aliphatic rings. The van der Waals surface area contributed by atoms with E-state index in [1.807, 2.05) is 4.90 Å². The van der Waals surface area contributed by atoms with Gasteiger partial charge in [0.05, 0.1) is 18.8 Å². The molecular weight excluding hydrogens is 272 g/mol. The Balaban J connectivity index is 2.10. The van der Waals surface area contributed by atoms with Crippen LogP contribution in [0.2, 0.25) is 0 Å². The van der Waals surface area contributed by atoms with Gasteiger partial charge in [-0.1, -0.05) is 0 Å². The molecule has 0 bridgehead atoms. The normalized spacial score (nSPS) is 17.6. The summed E-state index contributed by atoms with van der Waals surface area (Å²) in [6.45, 7) is 5.02. The summed E-state index contributed by atoms with van der Waals surface area (Å²) in [6, 6.07) is 3.12. The molecule has 1 atom stereocenters. The van der Waals surface area contributed by atoms with Crippen molar-refractivity contribution in [2.24, 2.45) is 0 Å². The third-order valence-corrected chi connectivity index (χ3v) is 3.36. The van der Waals surface area contributed by atoms with Crippen LogP contribution in [-0.4, -0.2) is 42.7 Å². The third kappa shape index (κ3) is 3.51. The summed E-state index contributed by atoms with van der Waals surface area (Å²) in [6.07, 6.45) is 3.17. The molecule has 21 heavy (non-hydrogen) atoms. The van der Waals surface area contributed by atoms with Crippen molar-refractivity contribution in [2.75, 3.05) is 24.7 Å². The number of ether oxygens (including phenoxy) is 2. The summed E-state index contributed by atoms with van der Waals surface area (Å²) in [7, 11) is 0. The first-order valence-corrected chi connectivity index (χ1v) is 7.23. The molecule has 2 rings (SSSR count). The van der Waals surface area contributed by atoms with Crippen molar-refractivity contribution in [3.05, 3.63) is 23.9 Å². The number of rotatable bonds is 5. The number of anilines is 1. The average molecular weight is 292 g/mol. The highest BCUT2D eigenvalue weighted by Crippen LogP contribution is 2.24. The fourth-order valence-corrected chi connectivity index (χ4v) is 2.42. The van der Waals surface area contributed by atoms with E-state index < -0.39 is 0 Å². The highest BCUT2D eigenvalue weighted by Gasteiger charge is 2.32. The monoisotopic (exact) mass is 292 g/mol. The molecule has 0 amide bonds. The van der Waals surface area contributed by atoms with E-state index in [9.17, 15) is 9.59 Å². The van der Waals surface area contributed by atoms with Gasteiger partial charge >= 0.3 is 11.9 Å². The number of nitrogens with zero attached hydrogens (tertiary/aromatic N) is 2. The van der Waals surface area contributed by atoms with Gasteiger partial charge in [-0.05, 0) is 38.8 Å². The second kappa shape index (κ2) is 7.06. The number of carbonyl (C=O) groups excluding carboxylic acids is 2. The van der Waals surface area contributed by atoms with Crippen molar-refractivity contribution in [1.82, 2.24) is 4.98 Å². The molecule has 0 radical (unpaired) electrons. The van der Waals surface area contributed by atoms with Crippen molar-refractivity contribution < 1.29 is 19.1 Å². The molecule has 0 N–H and O–H groups in total. The Morgan fingerprint density at radius 2 is 2.05 bits per heavy atom. The molecule has 0 spiro atoms. The Kier molecular flexibility index (Phi) is 5.14. The lowest BCUT2D eigenvalue weighted by Gasteiger charge is -2.24. The van der Waals surface area contributed by atoms with Crippen molar-refractivity contribution >= 4 is 17.8 Å². The molecule has 1 saturated heterocycles. The maximum atomic E-state index is 11.9. The summed E-state index contributed by atoms with van der Waals surface area (Å²) in [5.74, 6) is 0.0739. The van der Waals surface area contributed by atoms with Gasteiger partial charge in [0.2, 0.25) is 0 Å². The molecule has 6 heteroatoms. The van der Waals surface area contributed by atoms with Crippen molar-refractivity contribution in [1.29, 1.82) is 0 Å². The van der Waals surface area contributed by atoms with Crippen LogP contribution in [0, 0.1) is 0 Å². The lowest BCUT2D eigenvalue weighted by Crippen LogP contribution is -2.37. The van der Waals surface area contributed by atoms with Gasteiger partial charge in [-0.15, -0.1) is 0 Å². The van der Waals surface area contributed by atoms with E-state index in [2.05, 4.69) is 4.98 Å². The predicted molar refractivity (Wildman–Crippen MR) is 77.2 cm³/mol. The molecule has 0 saturated carbocycles. The predicted octanol–water partition coefficient (Wildman–Crippen LogP) is 1.79. The van der Waals surface area contributed by atoms with E-state index in [4.69, 9.17) is 9.47 Å². The molecular formula is C15H20N2O4. The van der Waals surface area contributed by atoms with Crippen LogP contribution >= 0.6 is 0 Å². The third-order valence-electron chi connectivity index (χ3n) is 3.36. The van der Waals surface area contributed by atoms with Crippen LogP contribution < -0.4 is 4.90 Å². The average Bonchev–Trinajstić information content (AvgIpc) is 2.97. The Bertz CT molecular complexity index is 501. The van der Waals surface area contributed by atoms with E-state index >= 15 is 0 Å². The minimum absolute atomic E-state index is 0.216. The van der Waals surface area contributed by atoms with Crippen LogP contribution in [0.5, 0.6) is 0 Å². The molecule has 6 nitrogen and oxygen atoms in total. The summed E-state index contributed by atoms with van der Waals surface area (Å²) in [5, 5.41) is 0. The molecule has 1 unspecified atom stereocenters. The van der Waals surface area contributed by atoms with Gasteiger partial charge in [0.15, 0.2) is 0 Å². The zero-order chi connectivity index (χ0) is 15.2. The highest BCUT2D eigenvalue weighted by molar-refractivity contribution is 5.89. The van der Waals surface area contributed by atoms with Crippen LogP contribution in [0.1, 0.15) is 37.0 Å². The maximum absolute atomic E-state index is 11.9. The van der Waals surface area contributed by atoms with E-state index in [0.717, 1.165) is 19.4 Å². The number of esters is 2. The Morgan fingerprint density at radius 3 is 2.67 bits per heavy atom. The number of hydrogen-bond acceptors (Lipinski definition) is 6. The summed E-state index contributed by atoms with van der Waals surface area (Å²) in [4.78, 5) is 29.7. The van der Waals surface area contributed by atoms with Gasteiger partial charge in [-0.2, -0.15) is 0 Å². The number of carbonyl (C=O) groups is 2. The Morgan fingerprint density at radius 1 is 1.29 bits per heavy atom. The number of pyridine rings is 1. The minimum Gasteiger partial charge on any atom is -0.464 e. The van der Waals surface area contributed by atoms with Crippen molar-refractivity contribution in [3.8, 4) is 0 Å². The van der Waals surface area contributed by atoms with E-state index in [0.29, 0.717) is 24.6 Å². The second-order valence-corrected chi connectivity index (χ2v) is 4.73. The van der Waals surface area contributed by atoms with Crippen molar-refractivity contribution in [2.45, 2.75) is 32.7 Å². The molecule has 1 aromatic heterocycles. The zero-order valence-electron chi connectivity index (χ0n) is 12.4. The SMILES string of the molecule is CCOC(=O)c1ccc(N2CCCC2C(=O)OCC)nc1. The Hall–Kier alpha value is -2.11. The molecule has 1 fully saturated rings. The summed E-state index contributed by atoms with van der Waals surface area (Å²) >= 11 is 0. The molecule has 1 aliphatic heterocycles. The van der Waals surface area contributed by atoms with Crippen LogP contribution in [0.3, 0.4) is 0 Å². The van der Waals surface area contributed by atoms with E-state index in [1.165, 1.54) is 6.20 Å².